The number of carbonyl (C=O) groups excluding carboxylic acids is 1. The van der Waals surface area contributed by atoms with Gasteiger partial charge in [0, 0.05) is 0 Å². The van der Waals surface area contributed by atoms with Crippen molar-refractivity contribution in [2.24, 2.45) is 0 Å². The minimum atomic E-state index is -1.33. The maximum absolute atomic E-state index is 11.8. The van der Waals surface area contributed by atoms with Crippen LogP contribution in [0.4, 0.5) is 0 Å². The smallest absolute Gasteiger partial charge is 0.237 e. The monoisotopic (exact) mass is 302 g/mol. The van der Waals surface area contributed by atoms with Crippen molar-refractivity contribution in [2.75, 3.05) is 0 Å². The van der Waals surface area contributed by atoms with Crippen LogP contribution in [-0.2, 0) is 27.5 Å². The van der Waals surface area contributed by atoms with Gasteiger partial charge in [0.2, 0.25) is 10.8 Å². The number of hydrogen-bond donors (Lipinski definition) is 0. The van der Waals surface area contributed by atoms with Crippen molar-refractivity contribution in [1.29, 1.82) is 0 Å². The third-order valence-corrected chi connectivity index (χ3v) is 3.87. The zero-order valence-corrected chi connectivity index (χ0v) is 12.1. The van der Waals surface area contributed by atoms with E-state index in [1.54, 1.807) is 0 Å². The molecule has 2 atom stereocenters. The third-order valence-electron chi connectivity index (χ3n) is 3.38. The van der Waals surface area contributed by atoms with Gasteiger partial charge < -0.3 is 9.47 Å². The van der Waals surface area contributed by atoms with Gasteiger partial charge in [0.15, 0.2) is 6.10 Å². The Morgan fingerprint density at radius 3 is 2.00 bits per heavy atom. The van der Waals surface area contributed by atoms with Crippen molar-refractivity contribution in [3.63, 3.8) is 0 Å². The average molecular weight is 303 g/mol. The van der Waals surface area contributed by atoms with Gasteiger partial charge in [-0.2, -0.15) is 0 Å². The summed E-state index contributed by atoms with van der Waals surface area (Å²) >= 11 is 6.18. The topological polar surface area (TPSA) is 35.5 Å². The van der Waals surface area contributed by atoms with Crippen molar-refractivity contribution < 1.29 is 14.3 Å². The second-order valence-electron chi connectivity index (χ2n) is 4.96. The van der Waals surface area contributed by atoms with Crippen LogP contribution in [0.3, 0.4) is 0 Å². The van der Waals surface area contributed by atoms with Crippen LogP contribution < -0.4 is 0 Å². The van der Waals surface area contributed by atoms with E-state index >= 15 is 0 Å². The number of ether oxygens (including phenoxy) is 2. The molecule has 3 nitrogen and oxygen atoms in total. The molecule has 0 spiro atoms. The molecule has 0 heterocycles. The zero-order chi connectivity index (χ0) is 14.7. The highest BCUT2D eigenvalue weighted by Gasteiger charge is 2.67. The lowest BCUT2D eigenvalue weighted by molar-refractivity contribution is -0.116. The Bertz CT molecular complexity index is 614. The van der Waals surface area contributed by atoms with E-state index in [1.807, 2.05) is 60.7 Å². The van der Waals surface area contributed by atoms with E-state index in [2.05, 4.69) is 0 Å². The first-order valence-corrected chi connectivity index (χ1v) is 7.14. The second-order valence-corrected chi connectivity index (χ2v) is 5.52. The lowest BCUT2D eigenvalue weighted by Crippen LogP contribution is -2.14. The number of ketones is 1. The Balaban J connectivity index is 1.53. The minimum Gasteiger partial charge on any atom is -0.361 e. The quantitative estimate of drug-likeness (QED) is 0.768. The highest BCUT2D eigenvalue weighted by molar-refractivity contribution is 6.45. The molecule has 3 rings (SSSR count). The first kappa shape index (κ1) is 14.3. The van der Waals surface area contributed by atoms with Gasteiger partial charge in [0.1, 0.15) is 0 Å². The molecule has 2 unspecified atom stereocenters. The molecule has 21 heavy (non-hydrogen) atoms. The van der Waals surface area contributed by atoms with Crippen LogP contribution in [0.15, 0.2) is 60.7 Å². The third kappa shape index (κ3) is 3.16. The SMILES string of the molecule is O=C1C(OCc2ccccc2)C1(Cl)OCc1ccccc1. The van der Waals surface area contributed by atoms with Gasteiger partial charge in [0.25, 0.3) is 0 Å². The van der Waals surface area contributed by atoms with E-state index in [1.165, 1.54) is 0 Å². The molecule has 1 fully saturated rings. The van der Waals surface area contributed by atoms with Crippen LogP contribution in [0.5, 0.6) is 0 Å². The number of rotatable bonds is 6. The zero-order valence-electron chi connectivity index (χ0n) is 11.4. The molecule has 0 saturated heterocycles. The number of alkyl halides is 1. The summed E-state index contributed by atoms with van der Waals surface area (Å²) in [5, 5.41) is -1.33. The summed E-state index contributed by atoms with van der Waals surface area (Å²) in [6.45, 7) is 0.641. The Labute approximate surface area is 128 Å². The van der Waals surface area contributed by atoms with Crippen LogP contribution in [0, 0.1) is 0 Å². The molecule has 0 amide bonds. The minimum absolute atomic E-state index is 0.212. The Morgan fingerprint density at radius 1 is 0.905 bits per heavy atom. The van der Waals surface area contributed by atoms with Crippen LogP contribution in [0.1, 0.15) is 11.1 Å². The van der Waals surface area contributed by atoms with Gasteiger partial charge in [-0.3, -0.25) is 4.79 Å². The van der Waals surface area contributed by atoms with Crippen LogP contribution in [-0.4, -0.2) is 16.9 Å². The summed E-state index contributed by atoms with van der Waals surface area (Å²) in [7, 11) is 0. The Kier molecular flexibility index (Phi) is 4.06. The number of hydrogen-bond acceptors (Lipinski definition) is 3. The first-order valence-electron chi connectivity index (χ1n) is 6.77. The second kappa shape index (κ2) is 5.98. The fourth-order valence-corrected chi connectivity index (χ4v) is 2.34. The molecule has 1 saturated carbocycles. The van der Waals surface area contributed by atoms with Crippen molar-refractivity contribution in [2.45, 2.75) is 24.4 Å². The fraction of sp³-hybridized carbons (Fsp3) is 0.235. The molecule has 1 aliphatic carbocycles. The van der Waals surface area contributed by atoms with Crippen molar-refractivity contribution in [3.05, 3.63) is 71.8 Å². The van der Waals surface area contributed by atoms with Gasteiger partial charge in [0.05, 0.1) is 13.2 Å². The maximum atomic E-state index is 11.8. The Hall–Kier alpha value is -1.68. The van der Waals surface area contributed by atoms with Crippen molar-refractivity contribution in [1.82, 2.24) is 0 Å². The van der Waals surface area contributed by atoms with E-state index in [9.17, 15) is 4.79 Å². The lowest BCUT2D eigenvalue weighted by atomic mass is 10.2. The molecule has 0 radical (unpaired) electrons. The average Bonchev–Trinajstić information content (AvgIpc) is 3.06. The molecule has 108 valence electrons. The van der Waals surface area contributed by atoms with Gasteiger partial charge >= 0.3 is 0 Å². The fourth-order valence-electron chi connectivity index (χ4n) is 2.08. The molecule has 0 aliphatic heterocycles. The molecule has 2 aromatic rings. The first-order chi connectivity index (χ1) is 10.2. The van der Waals surface area contributed by atoms with Gasteiger partial charge in [-0.15, -0.1) is 0 Å². The van der Waals surface area contributed by atoms with Crippen LogP contribution in [0.2, 0.25) is 0 Å². The highest BCUT2D eigenvalue weighted by Crippen LogP contribution is 2.43. The van der Waals surface area contributed by atoms with E-state index < -0.39 is 11.2 Å². The number of carbonyl (C=O) groups is 1. The van der Waals surface area contributed by atoms with Crippen LogP contribution in [0.25, 0.3) is 0 Å². The largest absolute Gasteiger partial charge is 0.361 e. The summed E-state index contributed by atoms with van der Waals surface area (Å²) in [5.41, 5.74) is 1.97. The molecule has 0 bridgehead atoms. The molecule has 0 N–H and O–H groups in total. The molecular formula is C17H15ClO3. The summed E-state index contributed by atoms with van der Waals surface area (Å²) in [6.07, 6.45) is -0.692. The molecule has 2 aromatic carbocycles. The van der Waals surface area contributed by atoms with E-state index in [0.29, 0.717) is 13.2 Å². The summed E-state index contributed by atoms with van der Waals surface area (Å²) in [5.74, 6) is -0.212. The van der Waals surface area contributed by atoms with Crippen LogP contribution >= 0.6 is 11.6 Å². The van der Waals surface area contributed by atoms with E-state index in [4.69, 9.17) is 21.1 Å². The standard InChI is InChI=1S/C17H15ClO3/c18-17(21-12-14-9-5-2-6-10-14)15(19)16(17)20-11-13-7-3-1-4-8-13/h1-10,16H,11-12H2. The maximum Gasteiger partial charge on any atom is 0.237 e. The predicted octanol–water partition coefficient (Wildman–Crippen LogP) is 3.31. The lowest BCUT2D eigenvalue weighted by Gasteiger charge is -2.09. The molecular weight excluding hydrogens is 288 g/mol. The van der Waals surface area contributed by atoms with Crippen molar-refractivity contribution in [3.8, 4) is 0 Å². The summed E-state index contributed by atoms with van der Waals surface area (Å²) in [4.78, 5) is 11.8. The predicted molar refractivity (Wildman–Crippen MR) is 79.8 cm³/mol. The normalized spacial score (nSPS) is 24.0. The van der Waals surface area contributed by atoms with Gasteiger partial charge in [-0.1, -0.05) is 72.3 Å². The number of benzene rings is 2. The number of halogens is 1. The summed E-state index contributed by atoms with van der Waals surface area (Å²) in [6, 6.07) is 19.3. The molecule has 4 heteroatoms. The van der Waals surface area contributed by atoms with Crippen molar-refractivity contribution >= 4 is 17.4 Å². The van der Waals surface area contributed by atoms with Gasteiger partial charge in [-0.25, -0.2) is 0 Å². The van der Waals surface area contributed by atoms with E-state index in [0.717, 1.165) is 11.1 Å². The Morgan fingerprint density at radius 2 is 1.43 bits per heavy atom. The summed E-state index contributed by atoms with van der Waals surface area (Å²) < 4.78 is 11.1. The highest BCUT2D eigenvalue weighted by atomic mass is 35.5. The number of Topliss-reactive ketones (excluding diaryl/α,β-unsaturated/α-hetero) is 1. The molecule has 0 aromatic heterocycles. The van der Waals surface area contributed by atoms with E-state index in [-0.39, 0.29) is 5.78 Å². The van der Waals surface area contributed by atoms with Gasteiger partial charge in [-0.05, 0) is 11.1 Å². The molecule has 1 aliphatic rings.